The third-order valence-electron chi connectivity index (χ3n) is 5.19. The van der Waals surface area contributed by atoms with Crippen molar-refractivity contribution >= 4 is 45.0 Å². The van der Waals surface area contributed by atoms with Crippen molar-refractivity contribution in [3.05, 3.63) is 63.6 Å². The van der Waals surface area contributed by atoms with Crippen molar-refractivity contribution in [1.29, 1.82) is 0 Å². The minimum absolute atomic E-state index is 0.0141. The number of carboxylic acid groups (broad SMARTS) is 1. The Morgan fingerprint density at radius 2 is 1.33 bits per heavy atom. The van der Waals surface area contributed by atoms with Gasteiger partial charge < -0.3 is 5.11 Å². The van der Waals surface area contributed by atoms with Gasteiger partial charge in [0.15, 0.2) is 5.78 Å². The van der Waals surface area contributed by atoms with Gasteiger partial charge in [-0.3, -0.25) is 9.59 Å². The fourth-order valence-corrected chi connectivity index (χ4v) is 4.97. The van der Waals surface area contributed by atoms with Gasteiger partial charge in [-0.25, -0.2) is 13.1 Å². The molecule has 0 saturated heterocycles. The molecule has 0 aliphatic carbocycles. The summed E-state index contributed by atoms with van der Waals surface area (Å²) in [5.74, 6) is -1.20. The molecular weight excluding hydrogens is 485 g/mol. The van der Waals surface area contributed by atoms with Crippen LogP contribution in [-0.4, -0.2) is 31.8 Å². The first-order valence-electron chi connectivity index (χ1n) is 11.0. The second-order valence-electron chi connectivity index (χ2n) is 7.85. The number of carbonyl (C=O) groups excluding carboxylic acids is 1. The molecule has 2 aromatic rings. The van der Waals surface area contributed by atoms with E-state index < -0.39 is 21.8 Å². The molecule has 0 spiro atoms. The predicted molar refractivity (Wildman–Crippen MR) is 131 cm³/mol. The predicted octanol–water partition coefficient (Wildman–Crippen LogP) is 6.10. The van der Waals surface area contributed by atoms with E-state index in [1.165, 1.54) is 18.2 Å². The fourth-order valence-electron chi connectivity index (χ4n) is 3.42. The zero-order valence-electron chi connectivity index (χ0n) is 18.4. The average molecular weight is 514 g/mol. The molecule has 180 valence electrons. The number of hydrogen-bond donors (Lipinski definition) is 2. The molecule has 0 amide bonds. The van der Waals surface area contributed by atoms with Gasteiger partial charge in [-0.15, -0.1) is 0 Å². The van der Waals surface area contributed by atoms with Crippen LogP contribution in [0.3, 0.4) is 0 Å². The van der Waals surface area contributed by atoms with Gasteiger partial charge in [-0.1, -0.05) is 61.7 Å². The second-order valence-corrected chi connectivity index (χ2v) is 10.5. The molecule has 0 aliphatic rings. The summed E-state index contributed by atoms with van der Waals surface area (Å²) >= 11 is 11.9. The van der Waals surface area contributed by atoms with Crippen molar-refractivity contribution in [1.82, 2.24) is 4.72 Å². The van der Waals surface area contributed by atoms with Crippen LogP contribution >= 0.6 is 23.2 Å². The highest BCUT2D eigenvalue weighted by Crippen LogP contribution is 2.24. The molecule has 0 fully saturated rings. The highest BCUT2D eigenvalue weighted by molar-refractivity contribution is 7.89. The van der Waals surface area contributed by atoms with E-state index in [2.05, 4.69) is 4.72 Å². The van der Waals surface area contributed by atoms with E-state index in [4.69, 9.17) is 28.3 Å². The van der Waals surface area contributed by atoms with E-state index in [1.807, 2.05) is 0 Å². The summed E-state index contributed by atoms with van der Waals surface area (Å²) in [5.41, 5.74) is 0.335. The number of carbonyl (C=O) groups is 2. The first-order valence-corrected chi connectivity index (χ1v) is 13.3. The summed E-state index contributed by atoms with van der Waals surface area (Å²) < 4.78 is 28.3. The monoisotopic (exact) mass is 513 g/mol. The highest BCUT2D eigenvalue weighted by atomic mass is 35.5. The molecule has 0 aromatic heterocycles. The zero-order valence-corrected chi connectivity index (χ0v) is 20.7. The summed E-state index contributed by atoms with van der Waals surface area (Å²) in [5, 5.41) is 9.36. The molecule has 6 nitrogen and oxygen atoms in total. The van der Waals surface area contributed by atoms with Crippen molar-refractivity contribution in [2.24, 2.45) is 0 Å². The number of sulfonamides is 1. The molecular formula is C24H29Cl2NO5S. The Hall–Kier alpha value is -1.93. The summed E-state index contributed by atoms with van der Waals surface area (Å²) in [6.07, 6.45) is 7.52. The van der Waals surface area contributed by atoms with Crippen molar-refractivity contribution in [2.75, 3.05) is 6.54 Å². The van der Waals surface area contributed by atoms with E-state index >= 15 is 0 Å². The molecule has 2 N–H and O–H groups in total. The molecule has 0 unspecified atom stereocenters. The molecule has 0 radical (unpaired) electrons. The van der Waals surface area contributed by atoms with E-state index in [-0.39, 0.29) is 28.4 Å². The van der Waals surface area contributed by atoms with Crippen LogP contribution in [0.1, 0.15) is 73.7 Å². The molecule has 0 aliphatic heterocycles. The number of unbranched alkanes of at least 4 members (excludes halogenated alkanes) is 7. The lowest BCUT2D eigenvalue weighted by atomic mass is 10.0. The van der Waals surface area contributed by atoms with Crippen molar-refractivity contribution in [2.45, 2.75) is 62.7 Å². The lowest BCUT2D eigenvalue weighted by Crippen LogP contribution is -2.26. The number of nitrogens with one attached hydrogen (secondary N) is 1. The van der Waals surface area contributed by atoms with E-state index in [0.29, 0.717) is 23.4 Å². The maximum atomic E-state index is 12.9. The van der Waals surface area contributed by atoms with Crippen LogP contribution in [0.15, 0.2) is 47.4 Å². The highest BCUT2D eigenvalue weighted by Gasteiger charge is 2.23. The Morgan fingerprint density at radius 1 is 0.788 bits per heavy atom. The van der Waals surface area contributed by atoms with Crippen molar-refractivity contribution in [3.8, 4) is 0 Å². The summed E-state index contributed by atoms with van der Waals surface area (Å²) in [7, 11) is -3.89. The summed E-state index contributed by atoms with van der Waals surface area (Å²) in [6.45, 7) is 0.276. The number of carboxylic acids is 1. The van der Waals surface area contributed by atoms with Crippen LogP contribution in [0, 0.1) is 0 Å². The Morgan fingerprint density at radius 3 is 1.94 bits per heavy atom. The standard InChI is InChI=1S/C24H29Cl2NO5S/c25-19-12-10-18(11-13-19)24(30)21-17-20(26)14-15-22(21)33(31,32)27-16-8-6-4-2-1-3-5-7-9-23(28)29/h10-15,17,27H,1-9,16H2,(H,28,29). The zero-order chi connectivity index (χ0) is 24.3. The van der Waals surface area contributed by atoms with E-state index in [0.717, 1.165) is 38.5 Å². The fraction of sp³-hybridized carbons (Fsp3) is 0.417. The Kier molecular flexibility index (Phi) is 11.3. The van der Waals surface area contributed by atoms with Crippen LogP contribution in [0.4, 0.5) is 0 Å². The number of benzene rings is 2. The van der Waals surface area contributed by atoms with Gasteiger partial charge >= 0.3 is 5.97 Å². The second kappa shape index (κ2) is 13.7. The minimum atomic E-state index is -3.89. The molecule has 33 heavy (non-hydrogen) atoms. The number of ketones is 1. The smallest absolute Gasteiger partial charge is 0.303 e. The molecule has 0 heterocycles. The number of rotatable bonds is 15. The summed E-state index contributed by atoms with van der Waals surface area (Å²) in [4.78, 5) is 23.3. The van der Waals surface area contributed by atoms with Gasteiger partial charge in [0.2, 0.25) is 10.0 Å². The Bertz CT molecular complexity index is 1040. The molecule has 9 heteroatoms. The van der Waals surface area contributed by atoms with Crippen LogP contribution < -0.4 is 4.72 Å². The minimum Gasteiger partial charge on any atom is -0.481 e. The molecule has 0 saturated carbocycles. The van der Waals surface area contributed by atoms with Gasteiger partial charge in [0.05, 0.1) is 4.90 Å². The molecule has 2 rings (SSSR count). The number of aliphatic carboxylic acids is 1. The number of halogens is 2. The van der Waals surface area contributed by atoms with Crippen molar-refractivity contribution in [3.63, 3.8) is 0 Å². The van der Waals surface area contributed by atoms with Gasteiger partial charge in [0.1, 0.15) is 0 Å². The Labute approximate surface area is 205 Å². The third-order valence-corrected chi connectivity index (χ3v) is 7.20. The van der Waals surface area contributed by atoms with E-state index in [1.54, 1.807) is 24.3 Å². The molecule has 2 aromatic carbocycles. The van der Waals surface area contributed by atoms with Crippen molar-refractivity contribution < 1.29 is 23.1 Å². The lowest BCUT2D eigenvalue weighted by molar-refractivity contribution is -0.137. The van der Waals surface area contributed by atoms with Gasteiger partial charge in [0, 0.05) is 34.1 Å². The Balaban J connectivity index is 1.84. The SMILES string of the molecule is O=C(O)CCCCCCCCCCNS(=O)(=O)c1ccc(Cl)cc1C(=O)c1ccc(Cl)cc1. The van der Waals surface area contributed by atoms with Crippen LogP contribution in [0.2, 0.25) is 10.0 Å². The first-order chi connectivity index (χ1) is 15.7. The topological polar surface area (TPSA) is 101 Å². The first kappa shape index (κ1) is 27.3. The maximum absolute atomic E-state index is 12.9. The van der Waals surface area contributed by atoms with Gasteiger partial charge in [0.25, 0.3) is 0 Å². The largest absolute Gasteiger partial charge is 0.481 e. The quantitative estimate of drug-likeness (QED) is 0.221. The van der Waals surface area contributed by atoms with Crippen LogP contribution in [0.25, 0.3) is 0 Å². The molecule has 0 bridgehead atoms. The van der Waals surface area contributed by atoms with Crippen LogP contribution in [-0.2, 0) is 14.8 Å². The van der Waals surface area contributed by atoms with Gasteiger partial charge in [-0.05, 0) is 55.3 Å². The number of hydrogen-bond acceptors (Lipinski definition) is 4. The normalized spacial score (nSPS) is 11.5. The average Bonchev–Trinajstić information content (AvgIpc) is 2.77. The summed E-state index contributed by atoms with van der Waals surface area (Å²) in [6, 6.07) is 10.4. The van der Waals surface area contributed by atoms with Crippen LogP contribution in [0.5, 0.6) is 0 Å². The lowest BCUT2D eigenvalue weighted by Gasteiger charge is -2.12. The van der Waals surface area contributed by atoms with Gasteiger partial charge in [-0.2, -0.15) is 0 Å². The van der Waals surface area contributed by atoms with E-state index in [9.17, 15) is 18.0 Å². The third kappa shape index (κ3) is 9.45. The maximum Gasteiger partial charge on any atom is 0.303 e. The molecule has 0 atom stereocenters.